The maximum Gasteiger partial charge on any atom is 0.219 e. The standard InChI is InChI=1S/C16H33NO/c1-15(2,3)11-9-7-8-10-14(18)17-13-12-16(4,5)6/h7-13H2,1-6H3,(H,17,18). The lowest BCUT2D eigenvalue weighted by atomic mass is 9.89. The average molecular weight is 255 g/mol. The van der Waals surface area contributed by atoms with E-state index in [4.69, 9.17) is 0 Å². The largest absolute Gasteiger partial charge is 0.356 e. The summed E-state index contributed by atoms with van der Waals surface area (Å²) in [7, 11) is 0. The highest BCUT2D eigenvalue weighted by Gasteiger charge is 2.11. The Hall–Kier alpha value is -0.530. The Morgan fingerprint density at radius 2 is 1.39 bits per heavy atom. The Balaban J connectivity index is 3.44. The van der Waals surface area contributed by atoms with E-state index in [1.807, 2.05) is 0 Å². The third-order valence-electron chi connectivity index (χ3n) is 3.03. The first-order valence-electron chi connectivity index (χ1n) is 7.37. The SMILES string of the molecule is CC(C)(C)CCCCCC(=O)NCCC(C)(C)C. The van der Waals surface area contributed by atoms with Crippen molar-refractivity contribution in [2.45, 2.75) is 80.1 Å². The highest BCUT2D eigenvalue weighted by Crippen LogP contribution is 2.22. The van der Waals surface area contributed by atoms with Crippen LogP contribution in [0.2, 0.25) is 0 Å². The quantitative estimate of drug-likeness (QED) is 0.665. The molecule has 0 rings (SSSR count). The molecule has 0 aromatic heterocycles. The number of carbonyl (C=O) groups excluding carboxylic acids is 1. The van der Waals surface area contributed by atoms with Crippen LogP contribution in [0.1, 0.15) is 80.1 Å². The lowest BCUT2D eigenvalue weighted by molar-refractivity contribution is -0.121. The molecule has 0 aliphatic carbocycles. The third-order valence-corrected chi connectivity index (χ3v) is 3.03. The minimum Gasteiger partial charge on any atom is -0.356 e. The molecular weight excluding hydrogens is 222 g/mol. The first-order valence-corrected chi connectivity index (χ1v) is 7.37. The second-order valence-corrected chi connectivity index (χ2v) is 7.78. The summed E-state index contributed by atoms with van der Waals surface area (Å²) in [5.74, 6) is 0.218. The van der Waals surface area contributed by atoms with Gasteiger partial charge in [-0.1, -0.05) is 54.4 Å². The van der Waals surface area contributed by atoms with E-state index in [1.54, 1.807) is 0 Å². The molecule has 0 aliphatic heterocycles. The highest BCUT2D eigenvalue weighted by molar-refractivity contribution is 5.75. The number of hydrogen-bond donors (Lipinski definition) is 1. The van der Waals surface area contributed by atoms with Crippen LogP contribution in [0.15, 0.2) is 0 Å². The van der Waals surface area contributed by atoms with Crippen LogP contribution in [0.5, 0.6) is 0 Å². The lowest BCUT2D eigenvalue weighted by Gasteiger charge is -2.18. The van der Waals surface area contributed by atoms with Crippen LogP contribution < -0.4 is 5.32 Å². The normalized spacial score (nSPS) is 12.6. The van der Waals surface area contributed by atoms with Gasteiger partial charge in [0.15, 0.2) is 0 Å². The van der Waals surface area contributed by atoms with Crippen molar-refractivity contribution >= 4 is 5.91 Å². The van der Waals surface area contributed by atoms with E-state index in [-0.39, 0.29) is 5.91 Å². The molecule has 0 aromatic carbocycles. The predicted octanol–water partition coefficient (Wildman–Crippen LogP) is 4.54. The zero-order valence-electron chi connectivity index (χ0n) is 13.4. The molecule has 1 N–H and O–H groups in total. The Labute approximate surface area is 114 Å². The highest BCUT2D eigenvalue weighted by atomic mass is 16.1. The summed E-state index contributed by atoms with van der Waals surface area (Å²) >= 11 is 0. The molecule has 1 amide bonds. The molecule has 2 nitrogen and oxygen atoms in total. The Bertz CT molecular complexity index is 232. The number of hydrogen-bond acceptors (Lipinski definition) is 1. The van der Waals surface area contributed by atoms with Gasteiger partial charge in [0.05, 0.1) is 0 Å². The molecule has 0 saturated heterocycles. The molecule has 0 aromatic rings. The van der Waals surface area contributed by atoms with E-state index in [0.717, 1.165) is 19.4 Å². The first kappa shape index (κ1) is 17.5. The first-order chi connectivity index (χ1) is 8.10. The number of rotatable bonds is 7. The fourth-order valence-corrected chi connectivity index (χ4v) is 1.78. The molecule has 0 spiro atoms. The predicted molar refractivity (Wildman–Crippen MR) is 79.6 cm³/mol. The maximum atomic E-state index is 11.6. The molecule has 18 heavy (non-hydrogen) atoms. The van der Waals surface area contributed by atoms with Crippen LogP contribution >= 0.6 is 0 Å². The van der Waals surface area contributed by atoms with Gasteiger partial charge in [-0.05, 0) is 30.1 Å². The molecule has 0 atom stereocenters. The van der Waals surface area contributed by atoms with Gasteiger partial charge in [-0.2, -0.15) is 0 Å². The van der Waals surface area contributed by atoms with Crippen LogP contribution in [-0.4, -0.2) is 12.5 Å². The summed E-state index contributed by atoms with van der Waals surface area (Å²) in [4.78, 5) is 11.6. The molecule has 0 unspecified atom stereocenters. The van der Waals surface area contributed by atoms with E-state index in [0.29, 0.717) is 17.3 Å². The summed E-state index contributed by atoms with van der Waals surface area (Å²) in [6.07, 6.45) is 6.41. The van der Waals surface area contributed by atoms with Crippen LogP contribution in [0.25, 0.3) is 0 Å². The number of amides is 1. The lowest BCUT2D eigenvalue weighted by Crippen LogP contribution is -2.26. The number of carbonyl (C=O) groups is 1. The molecule has 2 heteroatoms. The van der Waals surface area contributed by atoms with Crippen LogP contribution in [0.3, 0.4) is 0 Å². The van der Waals surface area contributed by atoms with Crippen LogP contribution in [-0.2, 0) is 4.79 Å². The van der Waals surface area contributed by atoms with Crippen LogP contribution in [0.4, 0.5) is 0 Å². The van der Waals surface area contributed by atoms with Gasteiger partial charge in [0.25, 0.3) is 0 Å². The molecule has 0 aliphatic rings. The van der Waals surface area contributed by atoms with Crippen molar-refractivity contribution in [1.29, 1.82) is 0 Å². The topological polar surface area (TPSA) is 29.1 Å². The van der Waals surface area contributed by atoms with E-state index in [1.165, 1.54) is 19.3 Å². The summed E-state index contributed by atoms with van der Waals surface area (Å²) in [5, 5.41) is 3.01. The molecule has 0 fully saturated rings. The molecule has 108 valence electrons. The van der Waals surface area contributed by atoms with Crippen molar-refractivity contribution in [1.82, 2.24) is 5.32 Å². The molecule has 0 radical (unpaired) electrons. The van der Waals surface area contributed by atoms with Crippen LogP contribution in [0, 0.1) is 10.8 Å². The Morgan fingerprint density at radius 3 is 1.89 bits per heavy atom. The Morgan fingerprint density at radius 1 is 0.833 bits per heavy atom. The summed E-state index contributed by atoms with van der Waals surface area (Å²) in [6.45, 7) is 14.2. The fraction of sp³-hybridized carbons (Fsp3) is 0.938. The van der Waals surface area contributed by atoms with Gasteiger partial charge < -0.3 is 5.32 Å². The van der Waals surface area contributed by atoms with E-state index >= 15 is 0 Å². The average Bonchev–Trinajstić information content (AvgIpc) is 2.13. The third kappa shape index (κ3) is 13.5. The smallest absolute Gasteiger partial charge is 0.219 e. The molecule has 0 saturated carbocycles. The monoisotopic (exact) mass is 255 g/mol. The van der Waals surface area contributed by atoms with E-state index in [9.17, 15) is 4.79 Å². The summed E-state index contributed by atoms with van der Waals surface area (Å²) < 4.78 is 0. The zero-order chi connectivity index (χ0) is 14.2. The van der Waals surface area contributed by atoms with Gasteiger partial charge in [0.2, 0.25) is 5.91 Å². The molecule has 0 bridgehead atoms. The van der Waals surface area contributed by atoms with Crippen molar-refractivity contribution < 1.29 is 4.79 Å². The van der Waals surface area contributed by atoms with Crippen molar-refractivity contribution in [2.24, 2.45) is 10.8 Å². The summed E-state index contributed by atoms with van der Waals surface area (Å²) in [5.41, 5.74) is 0.731. The van der Waals surface area contributed by atoms with Crippen molar-refractivity contribution in [3.05, 3.63) is 0 Å². The Kier molecular flexibility index (Phi) is 7.58. The van der Waals surface area contributed by atoms with Gasteiger partial charge in [-0.3, -0.25) is 4.79 Å². The number of unbranched alkanes of at least 4 members (excludes halogenated alkanes) is 2. The van der Waals surface area contributed by atoms with E-state index in [2.05, 4.69) is 46.9 Å². The van der Waals surface area contributed by atoms with Gasteiger partial charge in [0, 0.05) is 13.0 Å². The number of nitrogens with one attached hydrogen (secondary N) is 1. The van der Waals surface area contributed by atoms with Gasteiger partial charge in [-0.25, -0.2) is 0 Å². The van der Waals surface area contributed by atoms with Crippen molar-refractivity contribution in [3.63, 3.8) is 0 Å². The maximum absolute atomic E-state index is 11.6. The molecular formula is C16H33NO. The second kappa shape index (κ2) is 7.81. The zero-order valence-corrected chi connectivity index (χ0v) is 13.4. The van der Waals surface area contributed by atoms with Crippen molar-refractivity contribution in [3.8, 4) is 0 Å². The van der Waals surface area contributed by atoms with E-state index < -0.39 is 0 Å². The molecule has 0 heterocycles. The van der Waals surface area contributed by atoms with Gasteiger partial charge in [-0.15, -0.1) is 0 Å². The summed E-state index contributed by atoms with van der Waals surface area (Å²) in [6, 6.07) is 0. The van der Waals surface area contributed by atoms with Crippen molar-refractivity contribution in [2.75, 3.05) is 6.54 Å². The van der Waals surface area contributed by atoms with Gasteiger partial charge in [0.1, 0.15) is 0 Å². The minimum atomic E-state index is 0.218. The fourth-order valence-electron chi connectivity index (χ4n) is 1.78. The van der Waals surface area contributed by atoms with Gasteiger partial charge >= 0.3 is 0 Å². The minimum absolute atomic E-state index is 0.218. The second-order valence-electron chi connectivity index (χ2n) is 7.78.